The fraction of sp³-hybridized carbons (Fsp3) is 0.136. The number of sulfonamides is 1. The van der Waals surface area contributed by atoms with Crippen molar-refractivity contribution in [2.75, 3.05) is 4.72 Å². The minimum atomic E-state index is -4.55. The predicted molar refractivity (Wildman–Crippen MR) is 122 cm³/mol. The topological polar surface area (TPSA) is 110 Å². The highest BCUT2D eigenvalue weighted by Crippen LogP contribution is 2.33. The molecule has 0 amide bonds. The third kappa shape index (κ3) is 5.28. The number of hydrogen-bond donors (Lipinski definition) is 1. The van der Waals surface area contributed by atoms with Crippen molar-refractivity contribution in [2.45, 2.75) is 24.5 Å². The third-order valence-electron chi connectivity index (χ3n) is 4.78. The fourth-order valence-corrected chi connectivity index (χ4v) is 4.96. The van der Waals surface area contributed by atoms with Crippen molar-refractivity contribution in [3.05, 3.63) is 71.4 Å². The van der Waals surface area contributed by atoms with Crippen LogP contribution in [0.4, 0.5) is 18.3 Å². The molecule has 0 aliphatic rings. The van der Waals surface area contributed by atoms with Gasteiger partial charge in [0, 0.05) is 23.7 Å². The van der Waals surface area contributed by atoms with Gasteiger partial charge in [-0.05, 0) is 55.5 Å². The summed E-state index contributed by atoms with van der Waals surface area (Å²) >= 11 is 1.11. The zero-order chi connectivity index (χ0) is 25.2. The number of benzene rings is 2. The van der Waals surface area contributed by atoms with E-state index in [1.54, 1.807) is 24.4 Å². The summed E-state index contributed by atoms with van der Waals surface area (Å²) in [6, 6.07) is 12.9. The Morgan fingerprint density at radius 1 is 1.17 bits per heavy atom. The first-order valence-electron chi connectivity index (χ1n) is 10.0. The molecule has 0 saturated carbocycles. The molecule has 2 heterocycles. The summed E-state index contributed by atoms with van der Waals surface area (Å²) in [5, 5.41) is 14.9. The van der Waals surface area contributed by atoms with Gasteiger partial charge in [0.15, 0.2) is 10.8 Å². The molecule has 0 unspecified atom stereocenters. The molecular formula is C22H16F3N5O3S2. The minimum Gasteiger partial charge on any atom is -0.456 e. The van der Waals surface area contributed by atoms with E-state index in [0.29, 0.717) is 17.0 Å². The maximum atomic E-state index is 13.0. The Balaban J connectivity index is 1.56. The van der Waals surface area contributed by atoms with Gasteiger partial charge in [0.25, 0.3) is 10.0 Å². The number of nitrogens with one attached hydrogen (secondary N) is 1. The lowest BCUT2D eigenvalue weighted by molar-refractivity contribution is -0.141. The molecule has 0 atom stereocenters. The van der Waals surface area contributed by atoms with Crippen LogP contribution >= 0.6 is 11.3 Å². The molecule has 0 aliphatic heterocycles. The molecule has 4 rings (SSSR count). The standard InChI is InChI=1S/C22H16F3N5O3S2/c1-2-30-18(12-20(28-30)22(23,24)25)14-3-5-16(6-4-14)33-19-8-7-17(11-15(19)13-26)35(31,32)29-21-27-9-10-34-21/h3-12H,2H2,1H3,(H,27,29). The molecule has 0 aliphatic carbocycles. The van der Waals surface area contributed by atoms with Gasteiger partial charge in [-0.15, -0.1) is 11.3 Å². The quantitative estimate of drug-likeness (QED) is 0.345. The van der Waals surface area contributed by atoms with E-state index in [-0.39, 0.29) is 27.9 Å². The van der Waals surface area contributed by atoms with Crippen LogP contribution in [0.25, 0.3) is 11.3 Å². The second kappa shape index (κ2) is 9.40. The smallest absolute Gasteiger partial charge is 0.435 e. The van der Waals surface area contributed by atoms with Crippen molar-refractivity contribution in [3.8, 4) is 28.8 Å². The Morgan fingerprint density at radius 2 is 1.91 bits per heavy atom. The fourth-order valence-electron chi connectivity index (χ4n) is 3.15. The zero-order valence-electron chi connectivity index (χ0n) is 17.9. The van der Waals surface area contributed by atoms with E-state index in [1.165, 1.54) is 41.2 Å². The highest BCUT2D eigenvalue weighted by atomic mass is 32.2. The molecule has 13 heteroatoms. The molecule has 4 aromatic rings. The molecule has 0 bridgehead atoms. The Labute approximate surface area is 202 Å². The molecule has 1 N–H and O–H groups in total. The van der Waals surface area contributed by atoms with Gasteiger partial charge in [-0.1, -0.05) is 0 Å². The minimum absolute atomic E-state index is 0.0185. The number of nitriles is 1. The van der Waals surface area contributed by atoms with Crippen LogP contribution in [0.3, 0.4) is 0 Å². The summed E-state index contributed by atoms with van der Waals surface area (Å²) in [4.78, 5) is 3.73. The van der Waals surface area contributed by atoms with E-state index < -0.39 is 21.9 Å². The number of hydrogen-bond acceptors (Lipinski definition) is 7. The van der Waals surface area contributed by atoms with Crippen LogP contribution in [0.2, 0.25) is 0 Å². The van der Waals surface area contributed by atoms with Crippen molar-refractivity contribution in [2.24, 2.45) is 0 Å². The van der Waals surface area contributed by atoms with Crippen LogP contribution < -0.4 is 9.46 Å². The number of aryl methyl sites for hydroxylation is 1. The number of alkyl halides is 3. The average Bonchev–Trinajstić information content (AvgIpc) is 3.49. The Bertz CT molecular complexity index is 1490. The van der Waals surface area contributed by atoms with Crippen LogP contribution in [0.1, 0.15) is 18.2 Å². The Hall–Kier alpha value is -3.89. The van der Waals surface area contributed by atoms with Crippen molar-refractivity contribution >= 4 is 26.5 Å². The summed E-state index contributed by atoms with van der Waals surface area (Å²) in [7, 11) is -3.95. The van der Waals surface area contributed by atoms with Crippen LogP contribution in [-0.2, 0) is 22.7 Å². The Morgan fingerprint density at radius 3 is 2.51 bits per heavy atom. The van der Waals surface area contributed by atoms with E-state index in [4.69, 9.17) is 4.74 Å². The summed E-state index contributed by atoms with van der Waals surface area (Å²) in [5.74, 6) is 0.423. The van der Waals surface area contributed by atoms with E-state index in [1.807, 2.05) is 6.07 Å². The second-order valence-corrected chi connectivity index (χ2v) is 9.64. The molecule has 0 spiro atoms. The summed E-state index contributed by atoms with van der Waals surface area (Å²) in [6.07, 6.45) is -3.10. The van der Waals surface area contributed by atoms with Crippen molar-refractivity contribution in [1.29, 1.82) is 5.26 Å². The van der Waals surface area contributed by atoms with E-state index in [9.17, 15) is 26.9 Å². The van der Waals surface area contributed by atoms with Gasteiger partial charge in [0.05, 0.1) is 16.2 Å². The predicted octanol–water partition coefficient (Wildman–Crippen LogP) is 5.51. The van der Waals surface area contributed by atoms with Crippen molar-refractivity contribution in [1.82, 2.24) is 14.8 Å². The molecular weight excluding hydrogens is 503 g/mol. The molecule has 2 aromatic heterocycles. The van der Waals surface area contributed by atoms with Crippen LogP contribution in [0.5, 0.6) is 11.5 Å². The average molecular weight is 520 g/mol. The number of aromatic nitrogens is 3. The number of halogens is 3. The number of nitrogens with zero attached hydrogens (tertiary/aromatic N) is 4. The lowest BCUT2D eigenvalue weighted by atomic mass is 10.1. The summed E-state index contributed by atoms with van der Waals surface area (Å²) < 4.78 is 73.5. The molecule has 8 nitrogen and oxygen atoms in total. The lowest BCUT2D eigenvalue weighted by Crippen LogP contribution is -2.13. The maximum Gasteiger partial charge on any atom is 0.435 e. The van der Waals surface area contributed by atoms with E-state index in [0.717, 1.165) is 17.4 Å². The van der Waals surface area contributed by atoms with Gasteiger partial charge in [-0.25, -0.2) is 13.4 Å². The monoisotopic (exact) mass is 519 g/mol. The molecule has 35 heavy (non-hydrogen) atoms. The van der Waals surface area contributed by atoms with Gasteiger partial charge in [-0.3, -0.25) is 9.40 Å². The second-order valence-electron chi connectivity index (χ2n) is 7.07. The van der Waals surface area contributed by atoms with Crippen LogP contribution in [-0.4, -0.2) is 23.2 Å². The van der Waals surface area contributed by atoms with Crippen LogP contribution in [0.15, 0.2) is 65.0 Å². The summed E-state index contributed by atoms with van der Waals surface area (Å²) in [6.45, 7) is 1.94. The number of rotatable bonds is 7. The lowest BCUT2D eigenvalue weighted by Gasteiger charge is -2.11. The maximum absolute atomic E-state index is 13.0. The normalized spacial score (nSPS) is 11.7. The van der Waals surface area contributed by atoms with E-state index in [2.05, 4.69) is 14.8 Å². The number of thiazole rings is 1. The highest BCUT2D eigenvalue weighted by Gasteiger charge is 2.35. The largest absolute Gasteiger partial charge is 0.456 e. The Kier molecular flexibility index (Phi) is 6.51. The van der Waals surface area contributed by atoms with Crippen molar-refractivity contribution < 1.29 is 26.3 Å². The number of anilines is 1. The number of ether oxygens (including phenoxy) is 1. The first-order valence-corrected chi connectivity index (χ1v) is 12.4. The van der Waals surface area contributed by atoms with Gasteiger partial charge >= 0.3 is 6.18 Å². The molecule has 0 radical (unpaired) electrons. The SMILES string of the molecule is CCn1nc(C(F)(F)F)cc1-c1ccc(Oc2ccc(S(=O)(=O)Nc3nccs3)cc2C#N)cc1. The molecule has 0 saturated heterocycles. The third-order valence-corrected chi connectivity index (χ3v) is 6.94. The van der Waals surface area contributed by atoms with Gasteiger partial charge in [0.1, 0.15) is 17.6 Å². The van der Waals surface area contributed by atoms with Gasteiger partial charge in [0.2, 0.25) is 0 Å². The van der Waals surface area contributed by atoms with Gasteiger partial charge in [-0.2, -0.15) is 23.5 Å². The van der Waals surface area contributed by atoms with Gasteiger partial charge < -0.3 is 4.74 Å². The molecule has 0 fully saturated rings. The molecule has 2 aromatic carbocycles. The van der Waals surface area contributed by atoms with E-state index >= 15 is 0 Å². The zero-order valence-corrected chi connectivity index (χ0v) is 19.6. The first kappa shape index (κ1) is 24.2. The highest BCUT2D eigenvalue weighted by molar-refractivity contribution is 7.93. The summed E-state index contributed by atoms with van der Waals surface area (Å²) in [5.41, 5.74) is -0.202. The molecule has 180 valence electrons. The van der Waals surface area contributed by atoms with Crippen LogP contribution in [0, 0.1) is 11.3 Å². The first-order chi connectivity index (χ1) is 16.6. The van der Waals surface area contributed by atoms with Crippen molar-refractivity contribution in [3.63, 3.8) is 0 Å².